The number of aliphatic hydroxyl groups excluding tert-OH is 1. The van der Waals surface area contributed by atoms with Crippen molar-refractivity contribution in [1.29, 1.82) is 0 Å². The van der Waals surface area contributed by atoms with Gasteiger partial charge in [-0.15, -0.1) is 0 Å². The van der Waals surface area contributed by atoms with Gasteiger partial charge in [0, 0.05) is 0 Å². The number of furan rings is 4. The number of hydrogen-bond acceptors (Lipinski definition) is 18. The van der Waals surface area contributed by atoms with Crippen LogP contribution in [0.3, 0.4) is 0 Å². The van der Waals surface area contributed by atoms with Crippen LogP contribution in [0.5, 0.6) is 0 Å². The van der Waals surface area contributed by atoms with Gasteiger partial charge in [0.1, 0.15) is 76.8 Å². The molecule has 8 aromatic carbocycles. The Morgan fingerprint density at radius 1 is 0.261 bits per heavy atom. The fraction of sp³-hybridized carbons (Fsp3) is 0.154. The van der Waals surface area contributed by atoms with Gasteiger partial charge in [-0.3, -0.25) is 53.5 Å². The van der Waals surface area contributed by atoms with Crippen LogP contribution < -0.4 is 0 Å². The number of aliphatic imine (C=N–C) groups is 8. The highest BCUT2D eigenvalue weighted by molar-refractivity contribution is 5.86. The summed E-state index contributed by atoms with van der Waals surface area (Å²) in [5.74, 6) is 5.93. The van der Waals surface area contributed by atoms with Crippen molar-refractivity contribution in [3.8, 4) is 0 Å². The van der Waals surface area contributed by atoms with Crippen LogP contribution in [0.2, 0.25) is 0 Å². The molecule has 0 aliphatic rings. The van der Waals surface area contributed by atoms with Crippen molar-refractivity contribution >= 4 is 125 Å². The second kappa shape index (κ2) is 65.9. The van der Waals surface area contributed by atoms with Crippen molar-refractivity contribution in [2.24, 2.45) is 39.9 Å². The Labute approximate surface area is 652 Å². The number of para-hydroxylation sites is 8. The van der Waals surface area contributed by atoms with Crippen molar-refractivity contribution in [2.75, 3.05) is 21.0 Å². The number of nitrogens with zero attached hydrogens (tertiary/aromatic N) is 8. The predicted octanol–water partition coefficient (Wildman–Crippen LogP) is 23.8. The van der Waals surface area contributed by atoms with Crippen molar-refractivity contribution in [1.82, 2.24) is 0 Å². The van der Waals surface area contributed by atoms with E-state index >= 15 is 0 Å². The number of carbonyl (C=O) groups excluding carboxylic acids is 5. The van der Waals surface area contributed by atoms with Gasteiger partial charge in [-0.25, -0.2) is 0 Å². The molecule has 0 aliphatic carbocycles. The molecule has 20 heteroatoms. The summed E-state index contributed by atoms with van der Waals surface area (Å²) in [5.41, 5.74) is 7.17. The van der Waals surface area contributed by atoms with E-state index in [0.29, 0.717) is 60.4 Å². The Bertz CT molecular complexity index is 3730. The minimum absolute atomic E-state index is 0. The molecule has 0 atom stereocenters. The lowest BCUT2D eigenvalue weighted by atomic mass is 10.3. The third-order valence-electron chi connectivity index (χ3n) is 11.6. The number of ketones is 4. The van der Waals surface area contributed by atoms with E-state index in [1.165, 1.54) is 48.5 Å². The van der Waals surface area contributed by atoms with Crippen molar-refractivity contribution in [3.63, 3.8) is 0 Å². The van der Waals surface area contributed by atoms with Gasteiger partial charge in [-0.2, -0.15) is 0 Å². The first kappa shape index (κ1) is 99.5. The maximum atomic E-state index is 9.56. The zero-order valence-electron chi connectivity index (χ0n) is 63.2. The lowest BCUT2D eigenvalue weighted by molar-refractivity contribution is -0.119. The summed E-state index contributed by atoms with van der Waals surface area (Å²) in [6, 6.07) is 93.0. The van der Waals surface area contributed by atoms with Gasteiger partial charge in [-0.1, -0.05) is 174 Å². The van der Waals surface area contributed by atoms with Crippen LogP contribution >= 0.6 is 0 Å². The minimum Gasteiger partial charge on any atom is -0.454 e. The molecule has 4 heterocycles. The molecule has 12 aromatic rings. The van der Waals surface area contributed by atoms with E-state index in [1.54, 1.807) is 49.7 Å². The summed E-state index contributed by atoms with van der Waals surface area (Å²) in [6.45, 7) is 16.2. The Balaban J connectivity index is 0. The quantitative estimate of drug-likeness (QED) is 0.0843. The summed E-state index contributed by atoms with van der Waals surface area (Å²) in [5, 5.41) is 7.79. The molecule has 0 saturated carbocycles. The number of hydrogen-bond donors (Lipinski definition) is 1. The molecule has 1 N–H and O–H groups in total. The first-order valence-corrected chi connectivity index (χ1v) is 33.8. The monoisotopic (exact) mass is 1500 g/mol. The third kappa shape index (κ3) is 52.1. The van der Waals surface area contributed by atoms with E-state index < -0.39 is 0 Å². The molecule has 0 bridgehead atoms. The highest BCUT2D eigenvalue weighted by atomic mass is 19.1. The normalized spacial score (nSPS) is 9.89. The van der Waals surface area contributed by atoms with Crippen LogP contribution in [-0.2, 0) is 24.0 Å². The lowest BCUT2D eigenvalue weighted by Crippen LogP contribution is -1.93. The molecule has 0 saturated heterocycles. The fourth-order valence-corrected chi connectivity index (χ4v) is 7.25. The number of benzene rings is 8. The standard InChI is InChI=1S/4C18H14N2O.C3H6O2.3C3H6O.C2H6.2CH3F.CH2O.2CH4/c4*1-3-7-15(8-4-1)19-13-17-11-12-18(21-17)14-20-16-9-5-2-6-10-16;1-3(5)2-4;3*1-3(2)4;4*1-2;;/h4*1-14H;4H,2H2,1H3;3*1-2H3;1-2H3;2*1H3;1H2;2*1H4. The zero-order valence-corrected chi connectivity index (χ0v) is 63.2. The summed E-state index contributed by atoms with van der Waals surface area (Å²) in [6.07, 6.45) is 13.6. The predicted molar refractivity (Wildman–Crippen MR) is 457 cm³/mol. The lowest BCUT2D eigenvalue weighted by Gasteiger charge is -1.91. The molecule has 0 unspecified atom stereocenters. The van der Waals surface area contributed by atoms with Crippen LogP contribution in [0, 0.1) is 0 Å². The summed E-state index contributed by atoms with van der Waals surface area (Å²) < 4.78 is 41.5. The molecule has 111 heavy (non-hydrogen) atoms. The minimum atomic E-state index is -0.333. The Morgan fingerprint density at radius 3 is 0.432 bits per heavy atom. The first-order valence-electron chi connectivity index (χ1n) is 33.8. The number of rotatable bonds is 17. The Morgan fingerprint density at radius 2 is 0.351 bits per heavy atom. The maximum Gasteiger partial charge on any atom is 0.155 e. The highest BCUT2D eigenvalue weighted by Crippen LogP contribution is 2.18. The van der Waals surface area contributed by atoms with Gasteiger partial charge in [0.15, 0.2) is 5.78 Å². The van der Waals surface area contributed by atoms with Gasteiger partial charge in [0.25, 0.3) is 0 Å². The molecule has 4 aromatic heterocycles. The zero-order chi connectivity index (χ0) is 80.3. The van der Waals surface area contributed by atoms with Gasteiger partial charge in [0.2, 0.25) is 0 Å². The van der Waals surface area contributed by atoms with Crippen LogP contribution in [0.4, 0.5) is 54.3 Å². The molecule has 0 spiro atoms. The molecule has 0 aliphatic heterocycles. The van der Waals surface area contributed by atoms with Gasteiger partial charge >= 0.3 is 0 Å². The van der Waals surface area contributed by atoms with E-state index in [0.717, 1.165) is 45.5 Å². The van der Waals surface area contributed by atoms with Gasteiger partial charge < -0.3 is 42.0 Å². The van der Waals surface area contributed by atoms with Crippen molar-refractivity contribution in [2.45, 2.75) is 77.2 Å². The molecule has 12 rings (SSSR count). The second-order valence-electron chi connectivity index (χ2n) is 21.3. The van der Waals surface area contributed by atoms with E-state index in [2.05, 4.69) is 39.9 Å². The van der Waals surface area contributed by atoms with Crippen molar-refractivity contribution in [3.05, 3.63) is 337 Å². The fourth-order valence-electron chi connectivity index (χ4n) is 7.25. The average molecular weight is 1510 g/mol. The van der Waals surface area contributed by atoms with Crippen LogP contribution in [0.1, 0.15) is 123 Å². The van der Waals surface area contributed by atoms with E-state index in [4.69, 9.17) is 27.6 Å². The molecular formula is C91H102F2N8O10. The third-order valence-corrected chi connectivity index (χ3v) is 11.6. The number of Topliss-reactive ketones (excluding diaryl/α,β-unsaturated/α-hetero) is 4. The summed E-state index contributed by atoms with van der Waals surface area (Å²) in [7, 11) is 1.00. The van der Waals surface area contributed by atoms with Gasteiger partial charge in [-0.05, 0) is 194 Å². The van der Waals surface area contributed by atoms with Crippen LogP contribution in [0.15, 0.2) is 349 Å². The van der Waals surface area contributed by atoms with E-state index in [-0.39, 0.29) is 44.6 Å². The topological polar surface area (TPSA) is 257 Å². The summed E-state index contributed by atoms with van der Waals surface area (Å²) >= 11 is 0. The maximum absolute atomic E-state index is 9.56. The SMILES string of the molecule is C.C.C(=Nc1ccccc1)c1ccc(C=Nc2ccccc2)o1.C(=Nc1ccccc1)c1ccc(C=Nc2ccccc2)o1.C(=Nc1ccccc1)c1ccc(C=Nc2ccccc2)o1.C(=Nc1ccccc1)c1ccc(C=Nc2ccccc2)o1.C=O.CC.CC(=O)CO.CC(C)=O.CC(C)=O.CC(C)=O.CF.CF. The Kier molecular flexibility index (Phi) is 59.0. The number of aliphatic hydroxyl groups is 1. The largest absolute Gasteiger partial charge is 0.454 e. The molecule has 18 nitrogen and oxygen atoms in total. The van der Waals surface area contributed by atoms with E-state index in [1.807, 2.05) is 312 Å². The highest BCUT2D eigenvalue weighted by Gasteiger charge is 2.02. The molecule has 580 valence electrons. The van der Waals surface area contributed by atoms with E-state index in [9.17, 15) is 28.0 Å². The Hall–Kier alpha value is -13.6. The smallest absolute Gasteiger partial charge is 0.155 e. The summed E-state index contributed by atoms with van der Waals surface area (Å²) in [4.78, 5) is 80.7. The average Bonchev–Trinajstić information content (AvgIpc) is 1.77. The number of carbonyl (C=O) groups is 5. The van der Waals surface area contributed by atoms with Crippen LogP contribution in [0.25, 0.3) is 0 Å². The van der Waals surface area contributed by atoms with Crippen molar-refractivity contribution < 1.29 is 55.5 Å². The first-order chi connectivity index (χ1) is 53.1. The van der Waals surface area contributed by atoms with Crippen LogP contribution in [-0.4, -0.2) is 106 Å². The molecular weight excluding hydrogens is 1400 g/mol. The molecule has 0 amide bonds. The molecule has 0 fully saturated rings. The van der Waals surface area contributed by atoms with Gasteiger partial charge in [0.05, 0.1) is 110 Å². The molecule has 0 radical (unpaired) electrons. The second-order valence-corrected chi connectivity index (χ2v) is 21.3. The number of alkyl halides is 2. The number of halogens is 2.